The van der Waals surface area contributed by atoms with Crippen LogP contribution < -0.4 is 4.72 Å². The van der Waals surface area contributed by atoms with Gasteiger partial charge in [0, 0.05) is 5.39 Å². The second-order valence-corrected chi connectivity index (χ2v) is 5.43. The van der Waals surface area contributed by atoms with E-state index in [0.29, 0.717) is 12.1 Å². The fourth-order valence-corrected chi connectivity index (χ4v) is 2.63. The van der Waals surface area contributed by atoms with Crippen LogP contribution >= 0.6 is 0 Å². The van der Waals surface area contributed by atoms with Gasteiger partial charge in [0.15, 0.2) is 0 Å². The Morgan fingerprint density at radius 1 is 1.44 bits per heavy atom. The molecule has 2 N–H and O–H groups in total. The zero-order valence-corrected chi connectivity index (χ0v) is 9.71. The number of benzene rings is 1. The van der Waals surface area contributed by atoms with Crippen molar-refractivity contribution in [2.45, 2.75) is 13.3 Å². The second-order valence-electron chi connectivity index (χ2n) is 3.59. The van der Waals surface area contributed by atoms with Crippen LogP contribution in [0, 0.1) is 0 Å². The molecule has 0 aliphatic heterocycles. The smallest absolute Gasteiger partial charge is 0.232 e. The lowest BCUT2D eigenvalue weighted by molar-refractivity contribution is 0.600. The van der Waals surface area contributed by atoms with Crippen LogP contribution in [0.3, 0.4) is 0 Å². The maximum absolute atomic E-state index is 11.5. The number of hydrogen-bond acceptors (Lipinski definition) is 3. The van der Waals surface area contributed by atoms with Crippen molar-refractivity contribution < 1.29 is 8.42 Å². The summed E-state index contributed by atoms with van der Waals surface area (Å²) in [5.41, 5.74) is 1.38. The molecule has 0 unspecified atom stereocenters. The van der Waals surface area contributed by atoms with Gasteiger partial charge < -0.3 is 0 Å². The van der Waals surface area contributed by atoms with Gasteiger partial charge in [-0.2, -0.15) is 5.10 Å². The maximum atomic E-state index is 11.5. The summed E-state index contributed by atoms with van der Waals surface area (Å²) < 4.78 is 25.6. The minimum Gasteiger partial charge on any atom is -0.283 e. The number of hydrogen-bond donors (Lipinski definition) is 2. The van der Waals surface area contributed by atoms with Crippen LogP contribution in [0.25, 0.3) is 10.9 Å². The van der Waals surface area contributed by atoms with E-state index in [2.05, 4.69) is 14.9 Å². The second kappa shape index (κ2) is 4.13. The largest absolute Gasteiger partial charge is 0.283 e. The highest BCUT2D eigenvalue weighted by Crippen LogP contribution is 2.17. The molecule has 6 heteroatoms. The molecule has 0 fully saturated rings. The average molecular weight is 239 g/mol. The number of H-pyrrole nitrogens is 1. The summed E-state index contributed by atoms with van der Waals surface area (Å²) in [4.78, 5) is 0. The molecule has 0 saturated carbocycles. The summed E-state index contributed by atoms with van der Waals surface area (Å²) in [5, 5.41) is 7.62. The normalized spacial score (nSPS) is 11.8. The van der Waals surface area contributed by atoms with Crippen LogP contribution in [0.1, 0.15) is 13.3 Å². The first kappa shape index (κ1) is 10.9. The number of nitrogens with one attached hydrogen (secondary N) is 2. The molecule has 0 radical (unpaired) electrons. The molecule has 2 aromatic rings. The Hall–Kier alpha value is -1.56. The molecule has 0 aliphatic carbocycles. The fourth-order valence-electron chi connectivity index (χ4n) is 1.50. The molecule has 1 aromatic carbocycles. The highest BCUT2D eigenvalue weighted by molar-refractivity contribution is 7.92. The first-order valence-corrected chi connectivity index (χ1v) is 6.69. The van der Waals surface area contributed by atoms with E-state index in [4.69, 9.17) is 0 Å². The third-order valence-electron chi connectivity index (χ3n) is 2.19. The SMILES string of the molecule is CCCS(=O)(=O)Nc1ccc2cn[nH]c2c1. The Morgan fingerprint density at radius 3 is 3.00 bits per heavy atom. The molecule has 0 amide bonds. The molecule has 1 aromatic heterocycles. The Labute approximate surface area is 93.9 Å². The predicted octanol–water partition coefficient (Wildman–Crippen LogP) is 1.71. The lowest BCUT2D eigenvalue weighted by Crippen LogP contribution is -2.15. The monoisotopic (exact) mass is 239 g/mol. The standard InChI is InChI=1S/C10H13N3O2S/c1-2-5-16(14,15)13-9-4-3-8-7-11-12-10(8)6-9/h3-4,6-7,13H,2,5H2,1H3,(H,11,12). The van der Waals surface area contributed by atoms with Crippen LogP contribution in [-0.4, -0.2) is 24.4 Å². The van der Waals surface area contributed by atoms with E-state index < -0.39 is 10.0 Å². The molecule has 0 bridgehead atoms. The average Bonchev–Trinajstić information content (AvgIpc) is 2.63. The predicted molar refractivity (Wildman–Crippen MR) is 63.8 cm³/mol. The molecule has 0 spiro atoms. The Balaban J connectivity index is 2.27. The molecule has 86 valence electrons. The van der Waals surface area contributed by atoms with E-state index in [1.807, 2.05) is 13.0 Å². The first-order chi connectivity index (χ1) is 7.61. The van der Waals surface area contributed by atoms with E-state index in [1.165, 1.54) is 0 Å². The van der Waals surface area contributed by atoms with Crippen molar-refractivity contribution in [2.24, 2.45) is 0 Å². The molecule has 2 rings (SSSR count). The molecule has 5 nitrogen and oxygen atoms in total. The van der Waals surface area contributed by atoms with E-state index in [1.54, 1.807) is 18.3 Å². The van der Waals surface area contributed by atoms with Gasteiger partial charge >= 0.3 is 0 Å². The minimum absolute atomic E-state index is 0.133. The fraction of sp³-hybridized carbons (Fsp3) is 0.300. The molecule has 0 aliphatic rings. The zero-order valence-electron chi connectivity index (χ0n) is 8.90. The van der Waals surface area contributed by atoms with Gasteiger partial charge in [-0.25, -0.2) is 8.42 Å². The highest BCUT2D eigenvalue weighted by atomic mass is 32.2. The van der Waals surface area contributed by atoms with Crippen molar-refractivity contribution in [3.05, 3.63) is 24.4 Å². The summed E-state index contributed by atoms with van der Waals surface area (Å²) in [7, 11) is -3.22. The third kappa shape index (κ3) is 2.33. The lowest BCUT2D eigenvalue weighted by Gasteiger charge is -2.06. The first-order valence-electron chi connectivity index (χ1n) is 5.04. The molecule has 0 saturated heterocycles. The van der Waals surface area contributed by atoms with E-state index in [9.17, 15) is 8.42 Å². The van der Waals surface area contributed by atoms with E-state index in [-0.39, 0.29) is 5.75 Å². The highest BCUT2D eigenvalue weighted by Gasteiger charge is 2.08. The van der Waals surface area contributed by atoms with Crippen LogP contribution in [0.15, 0.2) is 24.4 Å². The number of aromatic amines is 1. The number of rotatable bonds is 4. The van der Waals surface area contributed by atoms with Gasteiger partial charge in [-0.05, 0) is 24.6 Å². The molecule has 1 heterocycles. The van der Waals surface area contributed by atoms with Crippen molar-refractivity contribution in [3.63, 3.8) is 0 Å². The molecular formula is C10H13N3O2S. The van der Waals surface area contributed by atoms with Crippen LogP contribution in [0.2, 0.25) is 0 Å². The van der Waals surface area contributed by atoms with Crippen molar-refractivity contribution in [2.75, 3.05) is 10.5 Å². The number of sulfonamides is 1. The molecular weight excluding hydrogens is 226 g/mol. The van der Waals surface area contributed by atoms with Crippen LogP contribution in [0.5, 0.6) is 0 Å². The van der Waals surface area contributed by atoms with E-state index >= 15 is 0 Å². The summed E-state index contributed by atoms with van der Waals surface area (Å²) in [6.07, 6.45) is 2.29. The van der Waals surface area contributed by atoms with Gasteiger partial charge in [-0.1, -0.05) is 6.92 Å². The topological polar surface area (TPSA) is 74.8 Å². The summed E-state index contributed by atoms with van der Waals surface area (Å²) in [6, 6.07) is 5.28. The third-order valence-corrected chi connectivity index (χ3v) is 3.68. The summed E-state index contributed by atoms with van der Waals surface area (Å²) >= 11 is 0. The zero-order chi connectivity index (χ0) is 11.6. The van der Waals surface area contributed by atoms with Gasteiger partial charge in [-0.3, -0.25) is 9.82 Å². The van der Waals surface area contributed by atoms with Gasteiger partial charge in [0.25, 0.3) is 0 Å². The van der Waals surface area contributed by atoms with Crippen molar-refractivity contribution >= 4 is 26.6 Å². The van der Waals surface area contributed by atoms with Crippen molar-refractivity contribution in [3.8, 4) is 0 Å². The van der Waals surface area contributed by atoms with Gasteiger partial charge in [0.05, 0.1) is 23.2 Å². The maximum Gasteiger partial charge on any atom is 0.232 e. The lowest BCUT2D eigenvalue weighted by atomic mass is 10.2. The van der Waals surface area contributed by atoms with Gasteiger partial charge in [0.1, 0.15) is 0 Å². The Bertz CT molecular complexity index is 589. The Kier molecular flexibility index (Phi) is 2.82. The summed E-state index contributed by atoms with van der Waals surface area (Å²) in [6.45, 7) is 1.83. The Morgan fingerprint density at radius 2 is 2.25 bits per heavy atom. The molecule has 16 heavy (non-hydrogen) atoms. The number of fused-ring (bicyclic) bond motifs is 1. The molecule has 0 atom stereocenters. The number of aromatic nitrogens is 2. The van der Waals surface area contributed by atoms with Crippen molar-refractivity contribution in [1.29, 1.82) is 0 Å². The van der Waals surface area contributed by atoms with Gasteiger partial charge in [-0.15, -0.1) is 0 Å². The quantitative estimate of drug-likeness (QED) is 0.853. The van der Waals surface area contributed by atoms with Crippen LogP contribution in [0.4, 0.5) is 5.69 Å². The van der Waals surface area contributed by atoms with Gasteiger partial charge in [0.2, 0.25) is 10.0 Å². The minimum atomic E-state index is -3.22. The number of anilines is 1. The van der Waals surface area contributed by atoms with Crippen LogP contribution in [-0.2, 0) is 10.0 Å². The van der Waals surface area contributed by atoms with E-state index in [0.717, 1.165) is 10.9 Å². The van der Waals surface area contributed by atoms with Crippen molar-refractivity contribution in [1.82, 2.24) is 10.2 Å². The summed E-state index contributed by atoms with van der Waals surface area (Å²) in [5.74, 6) is 0.133. The number of nitrogens with zero attached hydrogens (tertiary/aromatic N) is 1.